The summed E-state index contributed by atoms with van der Waals surface area (Å²) in [6.07, 6.45) is 5.30. The molecule has 0 fully saturated rings. The van der Waals surface area contributed by atoms with E-state index >= 15 is 0 Å². The molecule has 0 aromatic heterocycles. The maximum absolute atomic E-state index is 5.30. The maximum Gasteiger partial charge on any atom is -0.00867 e. The molecule has 1 heteroatoms. The first-order chi connectivity index (χ1) is 23.7. The van der Waals surface area contributed by atoms with Gasteiger partial charge < -0.3 is 0 Å². The molecule has 0 saturated carbocycles. The van der Waals surface area contributed by atoms with E-state index in [9.17, 15) is 0 Å². The molecule has 48 heavy (non-hydrogen) atoms. The van der Waals surface area contributed by atoms with Crippen LogP contribution >= 0.6 is 6.89 Å². The van der Waals surface area contributed by atoms with E-state index in [1.165, 1.54) is 81.3 Å². The van der Waals surface area contributed by atoms with Crippen molar-refractivity contribution in [1.82, 2.24) is 0 Å². The van der Waals surface area contributed by atoms with Crippen molar-refractivity contribution in [3.8, 4) is 22.3 Å². The minimum Gasteiger partial charge on any atom is -0.0886 e. The van der Waals surface area contributed by atoms with Gasteiger partial charge in [-0.15, -0.1) is 0 Å². The van der Waals surface area contributed by atoms with E-state index in [0.29, 0.717) is 0 Å². The quantitative estimate of drug-likeness (QED) is 0.166. The van der Waals surface area contributed by atoms with Crippen LogP contribution in [0, 0.1) is 0 Å². The Labute approximate surface area is 281 Å². The fraction of sp³-hybridized carbons (Fsp3) is 0. The monoisotopic (exact) mass is 628 g/mol. The highest BCUT2D eigenvalue weighted by Gasteiger charge is 2.27. The van der Waals surface area contributed by atoms with Crippen LogP contribution in [0.25, 0.3) is 65.3 Å². The number of hydrogen-bond donors (Lipinski definition) is 0. The Morgan fingerprint density at radius 2 is 0.625 bits per heavy atom. The fourth-order valence-corrected chi connectivity index (χ4v) is 11.1. The third kappa shape index (κ3) is 4.45. The lowest BCUT2D eigenvalue weighted by molar-refractivity contribution is 1.69. The van der Waals surface area contributed by atoms with Crippen LogP contribution in [0.1, 0.15) is 0 Å². The molecule has 0 heterocycles. The van der Waals surface area contributed by atoms with Crippen LogP contribution in [0.5, 0.6) is 0 Å². The summed E-state index contributed by atoms with van der Waals surface area (Å²) < 4.78 is 0. The second-order valence-corrected chi connectivity index (χ2v) is 15.7. The maximum atomic E-state index is 5.30. The summed E-state index contributed by atoms with van der Waals surface area (Å²) in [6.45, 7) is -2.39. The molecule has 0 amide bonds. The summed E-state index contributed by atoms with van der Waals surface area (Å²) in [5.41, 5.74) is 5.02. The molecule has 9 aromatic rings. The average molecular weight is 629 g/mol. The lowest BCUT2D eigenvalue weighted by Crippen LogP contribution is -2.26. The van der Waals surface area contributed by atoms with E-state index in [2.05, 4.69) is 188 Å². The fourth-order valence-electron chi connectivity index (χ4n) is 7.71. The summed E-state index contributed by atoms with van der Waals surface area (Å²) in [4.78, 5) is 0. The second-order valence-electron chi connectivity index (χ2n) is 12.6. The first-order valence-corrected chi connectivity index (χ1v) is 18.5. The molecule has 0 radical (unpaired) electrons. The summed E-state index contributed by atoms with van der Waals surface area (Å²) >= 11 is 0. The van der Waals surface area contributed by atoms with Crippen molar-refractivity contribution < 1.29 is 0 Å². The summed E-state index contributed by atoms with van der Waals surface area (Å²) in [5, 5.41) is 14.0. The van der Waals surface area contributed by atoms with Gasteiger partial charge in [0.1, 0.15) is 0 Å². The van der Waals surface area contributed by atoms with Crippen LogP contribution in [-0.4, -0.2) is 6.30 Å². The van der Waals surface area contributed by atoms with Gasteiger partial charge in [0, 0.05) is 0 Å². The predicted octanol–water partition coefficient (Wildman–Crippen LogP) is 11.4. The highest BCUT2D eigenvalue weighted by Crippen LogP contribution is 2.48. The number of fused-ring (bicyclic) bond motifs is 4. The minimum absolute atomic E-state index is 1.25. The molecule has 0 spiro atoms. The molecule has 0 atom stereocenters. The Balaban J connectivity index is 1.34. The highest BCUT2D eigenvalue weighted by atomic mass is 31.2. The van der Waals surface area contributed by atoms with E-state index in [1.807, 2.05) is 0 Å². The third-order valence-electron chi connectivity index (χ3n) is 9.98. The summed E-state index contributed by atoms with van der Waals surface area (Å²) in [6, 6.07) is 68.9. The Kier molecular flexibility index (Phi) is 6.86. The van der Waals surface area contributed by atoms with E-state index in [4.69, 9.17) is 6.30 Å². The molecule has 0 bridgehead atoms. The minimum atomic E-state index is -2.39. The third-order valence-corrected chi connectivity index (χ3v) is 13.6. The predicted molar refractivity (Wildman–Crippen MR) is 213 cm³/mol. The van der Waals surface area contributed by atoms with Gasteiger partial charge in [0.15, 0.2) is 0 Å². The van der Waals surface area contributed by atoms with Gasteiger partial charge in [0.2, 0.25) is 0 Å². The molecule has 9 aromatic carbocycles. The Morgan fingerprint density at radius 1 is 0.271 bits per heavy atom. The van der Waals surface area contributed by atoms with Crippen molar-refractivity contribution in [1.29, 1.82) is 0 Å². The van der Waals surface area contributed by atoms with Crippen molar-refractivity contribution in [3.05, 3.63) is 188 Å². The number of rotatable bonds is 5. The van der Waals surface area contributed by atoms with Gasteiger partial charge in [-0.25, -0.2) is 0 Å². The second kappa shape index (κ2) is 11.5. The van der Waals surface area contributed by atoms with E-state index in [0.717, 1.165) is 0 Å². The molecule has 0 nitrogen and oxygen atoms in total. The van der Waals surface area contributed by atoms with Crippen molar-refractivity contribution in [3.63, 3.8) is 0 Å². The molecular formula is C47H33P. The number of hydrogen-bond acceptors (Lipinski definition) is 0. The molecule has 0 aliphatic rings. The topological polar surface area (TPSA) is 0 Å². The Bertz CT molecular complexity index is 2520. The summed E-state index contributed by atoms with van der Waals surface area (Å²) in [7, 11) is 0. The van der Waals surface area contributed by atoms with Crippen LogP contribution in [0.3, 0.4) is 0 Å². The van der Waals surface area contributed by atoms with Crippen LogP contribution in [0.15, 0.2) is 188 Å². The Hall–Kier alpha value is -5.68. The van der Waals surface area contributed by atoms with Crippen LogP contribution in [0.4, 0.5) is 0 Å². The molecule has 0 aliphatic carbocycles. The van der Waals surface area contributed by atoms with E-state index < -0.39 is 6.89 Å². The zero-order chi connectivity index (χ0) is 32.1. The molecule has 0 aliphatic heterocycles. The SMILES string of the molecule is C=P(c1ccccc1)(c1ccc(-c2cccc3ccccc23)c2ccccc12)c1ccc(-c2cccc3ccccc23)c2ccccc12. The van der Waals surface area contributed by atoms with Crippen LogP contribution in [-0.2, 0) is 0 Å². The van der Waals surface area contributed by atoms with Gasteiger partial charge in [-0.05, 0) is 88.1 Å². The molecule has 0 unspecified atom stereocenters. The zero-order valence-corrected chi connectivity index (χ0v) is 27.4. The lowest BCUT2D eigenvalue weighted by atomic mass is 9.94. The van der Waals surface area contributed by atoms with Crippen LogP contribution < -0.4 is 15.9 Å². The Morgan fingerprint density at radius 3 is 1.10 bits per heavy atom. The standard InChI is InChI=1S/C47H33P/c1-48(35-19-3-2-4-20-35,46-31-29-42(40-23-9-11-25-44(40)46)38-27-13-17-33-15-5-7-21-36(33)38)47-32-30-43(41-24-10-12-26-45(41)47)39-28-14-18-34-16-6-8-22-37(34)39/h2-32H,1H2. The first kappa shape index (κ1) is 28.5. The largest absolute Gasteiger partial charge is 0.0886 e. The van der Waals surface area contributed by atoms with Crippen molar-refractivity contribution in [2.45, 2.75) is 0 Å². The smallest absolute Gasteiger partial charge is 0.00867 e. The van der Waals surface area contributed by atoms with E-state index in [1.54, 1.807) is 0 Å². The molecule has 226 valence electrons. The van der Waals surface area contributed by atoms with Gasteiger partial charge in [-0.1, -0.05) is 194 Å². The molecular weight excluding hydrogens is 595 g/mol. The first-order valence-electron chi connectivity index (χ1n) is 16.5. The van der Waals surface area contributed by atoms with Crippen molar-refractivity contribution in [2.24, 2.45) is 0 Å². The van der Waals surface area contributed by atoms with Gasteiger partial charge >= 0.3 is 0 Å². The van der Waals surface area contributed by atoms with Gasteiger partial charge in [-0.3, -0.25) is 0 Å². The highest BCUT2D eigenvalue weighted by molar-refractivity contribution is 7.94. The average Bonchev–Trinajstić information content (AvgIpc) is 3.17. The molecule has 0 saturated heterocycles. The van der Waals surface area contributed by atoms with Crippen LogP contribution in [0.2, 0.25) is 0 Å². The number of benzene rings is 9. The van der Waals surface area contributed by atoms with Gasteiger partial charge in [-0.2, -0.15) is 0 Å². The zero-order valence-electron chi connectivity index (χ0n) is 26.6. The van der Waals surface area contributed by atoms with Gasteiger partial charge in [0.25, 0.3) is 0 Å². The van der Waals surface area contributed by atoms with Crippen molar-refractivity contribution in [2.75, 3.05) is 0 Å². The normalized spacial score (nSPS) is 11.8. The lowest BCUT2D eigenvalue weighted by Gasteiger charge is -2.30. The molecule has 0 N–H and O–H groups in total. The summed E-state index contributed by atoms with van der Waals surface area (Å²) in [5.74, 6) is 0. The van der Waals surface area contributed by atoms with E-state index in [-0.39, 0.29) is 0 Å². The van der Waals surface area contributed by atoms with Crippen molar-refractivity contribution >= 4 is 72.2 Å². The molecule has 9 rings (SSSR count). The van der Waals surface area contributed by atoms with Gasteiger partial charge in [0.05, 0.1) is 0 Å².